The summed E-state index contributed by atoms with van der Waals surface area (Å²) < 4.78 is 0. The van der Waals surface area contributed by atoms with Crippen LogP contribution in [0.15, 0.2) is 18.2 Å². The van der Waals surface area contributed by atoms with Gasteiger partial charge in [0.25, 0.3) is 11.6 Å². The monoisotopic (exact) mass is 267 g/mol. The molecule has 0 bridgehead atoms. The van der Waals surface area contributed by atoms with Crippen LogP contribution in [0.1, 0.15) is 17.3 Å². The van der Waals surface area contributed by atoms with Crippen molar-refractivity contribution in [3.05, 3.63) is 38.9 Å². The SMILES string of the molecule is CC(C#N)CNC(=O)c1cc([N+](=O)[O-])ccc1Cl. The first-order chi connectivity index (χ1) is 8.45. The standard InChI is InChI=1S/C11H10ClN3O3/c1-7(5-13)6-14-11(16)9-4-8(15(17)18)2-3-10(9)12/h2-4,7H,6H2,1H3,(H,14,16). The highest BCUT2D eigenvalue weighted by atomic mass is 35.5. The van der Waals surface area contributed by atoms with Gasteiger partial charge in [-0.2, -0.15) is 5.26 Å². The van der Waals surface area contributed by atoms with Crippen molar-refractivity contribution in [2.45, 2.75) is 6.92 Å². The molecule has 0 heterocycles. The molecule has 0 saturated heterocycles. The summed E-state index contributed by atoms with van der Waals surface area (Å²) in [6, 6.07) is 5.58. The van der Waals surface area contributed by atoms with Crippen LogP contribution in [-0.4, -0.2) is 17.4 Å². The number of carbonyl (C=O) groups is 1. The Kier molecular flexibility index (Phi) is 4.63. The van der Waals surface area contributed by atoms with Gasteiger partial charge in [-0.15, -0.1) is 0 Å². The number of halogens is 1. The Morgan fingerprint density at radius 2 is 2.33 bits per heavy atom. The molecule has 1 aromatic carbocycles. The highest BCUT2D eigenvalue weighted by Crippen LogP contribution is 2.21. The zero-order chi connectivity index (χ0) is 13.7. The van der Waals surface area contributed by atoms with E-state index in [1.807, 2.05) is 6.07 Å². The van der Waals surface area contributed by atoms with Crippen LogP contribution in [0, 0.1) is 27.4 Å². The number of hydrogen-bond donors (Lipinski definition) is 1. The highest BCUT2D eigenvalue weighted by molar-refractivity contribution is 6.33. The minimum Gasteiger partial charge on any atom is -0.351 e. The van der Waals surface area contributed by atoms with Crippen molar-refractivity contribution in [1.29, 1.82) is 5.26 Å². The molecule has 1 amide bonds. The minimum atomic E-state index is -0.606. The molecule has 1 aromatic rings. The van der Waals surface area contributed by atoms with Crippen molar-refractivity contribution >= 4 is 23.2 Å². The quantitative estimate of drug-likeness (QED) is 0.667. The molecular weight excluding hydrogens is 258 g/mol. The highest BCUT2D eigenvalue weighted by Gasteiger charge is 2.16. The van der Waals surface area contributed by atoms with Gasteiger partial charge >= 0.3 is 0 Å². The number of nitriles is 1. The lowest BCUT2D eigenvalue weighted by atomic mass is 10.1. The molecule has 0 radical (unpaired) electrons. The fraction of sp³-hybridized carbons (Fsp3) is 0.273. The average Bonchev–Trinajstić information content (AvgIpc) is 2.35. The molecule has 94 valence electrons. The molecule has 0 fully saturated rings. The second-order valence-corrected chi connectivity index (χ2v) is 4.07. The average molecular weight is 268 g/mol. The van der Waals surface area contributed by atoms with Crippen LogP contribution in [0.4, 0.5) is 5.69 Å². The summed E-state index contributed by atoms with van der Waals surface area (Å²) >= 11 is 5.80. The van der Waals surface area contributed by atoms with Crippen LogP contribution in [0.25, 0.3) is 0 Å². The van der Waals surface area contributed by atoms with Gasteiger partial charge in [0, 0.05) is 18.7 Å². The van der Waals surface area contributed by atoms with E-state index in [1.165, 1.54) is 12.1 Å². The third-order valence-electron chi connectivity index (χ3n) is 2.19. The van der Waals surface area contributed by atoms with Crippen molar-refractivity contribution in [3.8, 4) is 6.07 Å². The Balaban J connectivity index is 2.88. The zero-order valence-electron chi connectivity index (χ0n) is 9.51. The van der Waals surface area contributed by atoms with Crippen molar-refractivity contribution in [1.82, 2.24) is 5.32 Å². The van der Waals surface area contributed by atoms with E-state index >= 15 is 0 Å². The summed E-state index contributed by atoms with van der Waals surface area (Å²) in [5, 5.41) is 21.8. The van der Waals surface area contributed by atoms with Gasteiger partial charge in [0.15, 0.2) is 0 Å². The van der Waals surface area contributed by atoms with E-state index in [0.717, 1.165) is 6.07 Å². The second-order valence-electron chi connectivity index (χ2n) is 3.66. The number of non-ortho nitro benzene ring substituents is 1. The van der Waals surface area contributed by atoms with Crippen LogP contribution >= 0.6 is 11.6 Å². The van der Waals surface area contributed by atoms with E-state index in [0.29, 0.717) is 0 Å². The van der Waals surface area contributed by atoms with Gasteiger partial charge in [-0.25, -0.2) is 0 Å². The second kappa shape index (κ2) is 5.98. The third kappa shape index (κ3) is 3.43. The molecule has 0 aliphatic rings. The molecule has 7 heteroatoms. The zero-order valence-corrected chi connectivity index (χ0v) is 10.3. The fourth-order valence-corrected chi connectivity index (χ4v) is 1.39. The smallest absolute Gasteiger partial charge is 0.270 e. The Bertz CT molecular complexity index is 525. The van der Waals surface area contributed by atoms with Crippen LogP contribution < -0.4 is 5.32 Å². The normalized spacial score (nSPS) is 11.4. The van der Waals surface area contributed by atoms with Crippen LogP contribution in [0.3, 0.4) is 0 Å². The van der Waals surface area contributed by atoms with Crippen molar-refractivity contribution in [2.75, 3.05) is 6.54 Å². The number of nitrogens with zero attached hydrogens (tertiary/aromatic N) is 2. The number of nitro groups is 1. The molecule has 1 N–H and O–H groups in total. The molecule has 0 aromatic heterocycles. The lowest BCUT2D eigenvalue weighted by molar-refractivity contribution is -0.384. The van der Waals surface area contributed by atoms with Gasteiger partial charge in [-0.3, -0.25) is 14.9 Å². The van der Waals surface area contributed by atoms with E-state index in [9.17, 15) is 14.9 Å². The van der Waals surface area contributed by atoms with Gasteiger partial charge in [0.2, 0.25) is 0 Å². The molecular formula is C11H10ClN3O3. The van der Waals surface area contributed by atoms with E-state index in [-0.39, 0.29) is 28.7 Å². The molecule has 18 heavy (non-hydrogen) atoms. The molecule has 1 unspecified atom stereocenters. The maximum absolute atomic E-state index is 11.7. The number of hydrogen-bond acceptors (Lipinski definition) is 4. The van der Waals surface area contributed by atoms with E-state index < -0.39 is 10.8 Å². The van der Waals surface area contributed by atoms with Crippen molar-refractivity contribution in [2.24, 2.45) is 5.92 Å². The Labute approximate surface area is 108 Å². The van der Waals surface area contributed by atoms with Crippen LogP contribution in [0.2, 0.25) is 5.02 Å². The topological polar surface area (TPSA) is 96.0 Å². The Hall–Kier alpha value is -2.13. The van der Waals surface area contributed by atoms with Crippen molar-refractivity contribution < 1.29 is 9.72 Å². The number of amides is 1. The molecule has 0 aliphatic heterocycles. The lowest BCUT2D eigenvalue weighted by Crippen LogP contribution is -2.28. The number of benzene rings is 1. The lowest BCUT2D eigenvalue weighted by Gasteiger charge is -2.07. The van der Waals surface area contributed by atoms with Gasteiger partial charge < -0.3 is 5.32 Å². The molecule has 1 atom stereocenters. The first-order valence-corrected chi connectivity index (χ1v) is 5.45. The Morgan fingerprint density at radius 3 is 2.89 bits per heavy atom. The summed E-state index contributed by atoms with van der Waals surface area (Å²) in [6.45, 7) is 1.81. The number of carbonyl (C=O) groups excluding carboxylic acids is 1. The predicted octanol–water partition coefficient (Wildman–Crippen LogP) is 2.14. The number of nitrogens with one attached hydrogen (secondary N) is 1. The van der Waals surface area contributed by atoms with Crippen LogP contribution in [0.5, 0.6) is 0 Å². The molecule has 0 aliphatic carbocycles. The summed E-state index contributed by atoms with van der Waals surface area (Å²) in [7, 11) is 0. The molecule has 1 rings (SSSR count). The molecule has 0 saturated carbocycles. The third-order valence-corrected chi connectivity index (χ3v) is 2.52. The van der Waals surface area contributed by atoms with Gasteiger partial charge in [-0.1, -0.05) is 11.6 Å². The Morgan fingerprint density at radius 1 is 1.67 bits per heavy atom. The summed E-state index contributed by atoms with van der Waals surface area (Å²) in [5.74, 6) is -0.878. The summed E-state index contributed by atoms with van der Waals surface area (Å²) in [6.07, 6.45) is 0. The van der Waals surface area contributed by atoms with Gasteiger partial charge in [-0.05, 0) is 13.0 Å². The van der Waals surface area contributed by atoms with E-state index in [4.69, 9.17) is 16.9 Å². The van der Waals surface area contributed by atoms with E-state index in [1.54, 1.807) is 6.92 Å². The maximum atomic E-state index is 11.7. The summed E-state index contributed by atoms with van der Waals surface area (Å²) in [4.78, 5) is 21.7. The maximum Gasteiger partial charge on any atom is 0.270 e. The minimum absolute atomic E-state index is 0.0241. The van der Waals surface area contributed by atoms with E-state index in [2.05, 4.69) is 5.32 Å². The summed E-state index contributed by atoms with van der Waals surface area (Å²) in [5.41, 5.74) is -0.186. The predicted molar refractivity (Wildman–Crippen MR) is 65.2 cm³/mol. The van der Waals surface area contributed by atoms with Crippen LogP contribution in [-0.2, 0) is 0 Å². The van der Waals surface area contributed by atoms with Gasteiger partial charge in [0.05, 0.1) is 27.5 Å². The number of rotatable bonds is 4. The fourth-order valence-electron chi connectivity index (χ4n) is 1.19. The largest absolute Gasteiger partial charge is 0.351 e. The molecule has 6 nitrogen and oxygen atoms in total. The van der Waals surface area contributed by atoms with Crippen molar-refractivity contribution in [3.63, 3.8) is 0 Å². The first-order valence-electron chi connectivity index (χ1n) is 5.07. The first kappa shape index (κ1) is 13.9. The number of nitro benzene ring substituents is 1. The van der Waals surface area contributed by atoms with Gasteiger partial charge in [0.1, 0.15) is 0 Å². The molecule has 0 spiro atoms.